The molecule has 0 saturated carbocycles. The molecular formula is C9H10ClNO2. The molecule has 1 rings (SSSR count). The third-order valence-electron chi connectivity index (χ3n) is 1.48. The average Bonchev–Trinajstić information content (AvgIpc) is 2.21. The summed E-state index contributed by atoms with van der Waals surface area (Å²) in [5.41, 5.74) is 1.000. The topological polar surface area (TPSA) is 29.5 Å². The maximum atomic E-state index is 10.3. The van der Waals surface area contributed by atoms with E-state index in [1.54, 1.807) is 0 Å². The molecule has 1 aromatic rings. The number of hydroxylamine groups is 2. The molecule has 0 unspecified atom stereocenters. The van der Waals surface area contributed by atoms with Crippen molar-refractivity contribution in [1.82, 2.24) is 5.06 Å². The zero-order valence-electron chi connectivity index (χ0n) is 7.02. The molecule has 0 bridgehead atoms. The van der Waals surface area contributed by atoms with Crippen LogP contribution < -0.4 is 0 Å². The molecule has 1 amide bonds. The summed E-state index contributed by atoms with van der Waals surface area (Å²) in [7, 11) is 0. The Morgan fingerprint density at radius 2 is 2.08 bits per heavy atom. The lowest BCUT2D eigenvalue weighted by Crippen LogP contribution is -2.20. The standard InChI is InChI=1S/C9H10ClNO2/c10-7-11(8-12)13-6-9-4-2-1-3-5-9/h1-5,8H,6-7H2. The van der Waals surface area contributed by atoms with Crippen molar-refractivity contribution >= 4 is 18.0 Å². The van der Waals surface area contributed by atoms with Crippen molar-refractivity contribution in [3.8, 4) is 0 Å². The number of rotatable bonds is 5. The van der Waals surface area contributed by atoms with E-state index in [9.17, 15) is 4.79 Å². The van der Waals surface area contributed by atoms with Crippen molar-refractivity contribution < 1.29 is 9.63 Å². The van der Waals surface area contributed by atoms with Gasteiger partial charge in [-0.3, -0.25) is 9.63 Å². The summed E-state index contributed by atoms with van der Waals surface area (Å²) < 4.78 is 0. The van der Waals surface area contributed by atoms with Crippen LogP contribution in [0, 0.1) is 0 Å². The van der Waals surface area contributed by atoms with Crippen molar-refractivity contribution in [3.05, 3.63) is 35.9 Å². The Morgan fingerprint density at radius 1 is 1.38 bits per heavy atom. The number of amides is 1. The maximum Gasteiger partial charge on any atom is 0.234 e. The third-order valence-corrected chi connectivity index (χ3v) is 1.71. The zero-order valence-corrected chi connectivity index (χ0v) is 7.78. The summed E-state index contributed by atoms with van der Waals surface area (Å²) >= 11 is 5.40. The van der Waals surface area contributed by atoms with Crippen LogP contribution in [0.1, 0.15) is 5.56 Å². The second-order valence-corrected chi connectivity index (χ2v) is 2.64. The first-order valence-corrected chi connectivity index (χ1v) is 4.35. The number of carbonyl (C=O) groups is 1. The number of alkyl halides is 1. The Labute approximate surface area is 81.8 Å². The van der Waals surface area contributed by atoms with E-state index >= 15 is 0 Å². The zero-order chi connectivity index (χ0) is 9.52. The van der Waals surface area contributed by atoms with Crippen molar-refractivity contribution in [3.63, 3.8) is 0 Å². The summed E-state index contributed by atoms with van der Waals surface area (Å²) in [4.78, 5) is 15.3. The Bertz CT molecular complexity index is 253. The van der Waals surface area contributed by atoms with E-state index in [0.717, 1.165) is 10.6 Å². The molecular weight excluding hydrogens is 190 g/mol. The number of halogens is 1. The Hall–Kier alpha value is -1.06. The van der Waals surface area contributed by atoms with Gasteiger partial charge in [0.05, 0.1) is 0 Å². The highest BCUT2D eigenvalue weighted by atomic mass is 35.5. The molecule has 0 atom stereocenters. The number of nitrogens with zero attached hydrogens (tertiary/aromatic N) is 1. The number of carbonyl (C=O) groups excluding carboxylic acids is 1. The normalized spacial score (nSPS) is 9.62. The molecule has 4 heteroatoms. The van der Waals surface area contributed by atoms with Gasteiger partial charge in [-0.2, -0.15) is 0 Å². The van der Waals surface area contributed by atoms with Gasteiger partial charge in [0.25, 0.3) is 0 Å². The highest BCUT2D eigenvalue weighted by Crippen LogP contribution is 2.02. The van der Waals surface area contributed by atoms with E-state index in [-0.39, 0.29) is 6.00 Å². The van der Waals surface area contributed by atoms with E-state index in [1.165, 1.54) is 0 Å². The molecule has 0 spiro atoms. The quantitative estimate of drug-likeness (QED) is 0.313. The SMILES string of the molecule is O=CN(CCl)OCc1ccccc1. The average molecular weight is 200 g/mol. The van der Waals surface area contributed by atoms with E-state index < -0.39 is 0 Å². The van der Waals surface area contributed by atoms with Crippen LogP contribution in [0.2, 0.25) is 0 Å². The van der Waals surface area contributed by atoms with E-state index in [4.69, 9.17) is 16.4 Å². The lowest BCUT2D eigenvalue weighted by molar-refractivity contribution is -0.171. The molecule has 1 aromatic carbocycles. The van der Waals surface area contributed by atoms with E-state index in [2.05, 4.69) is 0 Å². The third kappa shape index (κ3) is 3.44. The molecule has 3 nitrogen and oxygen atoms in total. The van der Waals surface area contributed by atoms with Crippen molar-refractivity contribution in [1.29, 1.82) is 0 Å². The number of hydrogen-bond acceptors (Lipinski definition) is 2. The van der Waals surface area contributed by atoms with E-state index in [1.807, 2.05) is 30.3 Å². The molecule has 0 aliphatic carbocycles. The fourth-order valence-corrected chi connectivity index (χ4v) is 0.950. The molecule has 0 aromatic heterocycles. The molecule has 70 valence electrons. The van der Waals surface area contributed by atoms with Gasteiger partial charge in [-0.25, -0.2) is 5.06 Å². The summed E-state index contributed by atoms with van der Waals surface area (Å²) in [5.74, 6) is 0. The smallest absolute Gasteiger partial charge is 0.234 e. The largest absolute Gasteiger partial charge is 0.276 e. The Kier molecular flexibility index (Phi) is 4.29. The Morgan fingerprint density at radius 3 is 2.62 bits per heavy atom. The van der Waals surface area contributed by atoms with Gasteiger partial charge in [0, 0.05) is 0 Å². The van der Waals surface area contributed by atoms with Gasteiger partial charge in [0.1, 0.15) is 12.6 Å². The minimum atomic E-state index is 0.0380. The summed E-state index contributed by atoms with van der Waals surface area (Å²) in [5, 5.41) is 1.04. The molecule has 13 heavy (non-hydrogen) atoms. The van der Waals surface area contributed by atoms with Crippen molar-refractivity contribution in [2.45, 2.75) is 6.61 Å². The highest BCUT2D eigenvalue weighted by molar-refractivity contribution is 6.18. The van der Waals surface area contributed by atoms with Crippen LogP contribution in [-0.2, 0) is 16.2 Å². The first-order chi connectivity index (χ1) is 6.36. The Balaban J connectivity index is 2.38. The van der Waals surface area contributed by atoms with Crippen LogP contribution in [0.3, 0.4) is 0 Å². The first kappa shape index (κ1) is 10.0. The fourth-order valence-electron chi connectivity index (χ4n) is 0.825. The van der Waals surface area contributed by atoms with Crippen LogP contribution in [0.4, 0.5) is 0 Å². The van der Waals surface area contributed by atoms with E-state index in [0.29, 0.717) is 13.0 Å². The monoisotopic (exact) mass is 199 g/mol. The van der Waals surface area contributed by atoms with Crippen LogP contribution in [0.15, 0.2) is 30.3 Å². The van der Waals surface area contributed by atoms with Crippen molar-refractivity contribution in [2.24, 2.45) is 0 Å². The summed E-state index contributed by atoms with van der Waals surface area (Å²) in [6.45, 7) is 0.353. The van der Waals surface area contributed by atoms with Gasteiger partial charge in [0.2, 0.25) is 6.41 Å². The summed E-state index contributed by atoms with van der Waals surface area (Å²) in [6, 6.07) is 9.60. The lowest BCUT2D eigenvalue weighted by atomic mass is 10.2. The second-order valence-electron chi connectivity index (χ2n) is 2.40. The van der Waals surface area contributed by atoms with Gasteiger partial charge >= 0.3 is 0 Å². The molecule has 0 radical (unpaired) electrons. The van der Waals surface area contributed by atoms with Gasteiger partial charge in [-0.1, -0.05) is 30.3 Å². The molecule has 0 aliphatic rings. The minimum absolute atomic E-state index is 0.0380. The van der Waals surface area contributed by atoms with Gasteiger partial charge in [-0.05, 0) is 5.56 Å². The second kappa shape index (κ2) is 5.56. The molecule has 0 N–H and O–H groups in total. The number of benzene rings is 1. The number of hydrogen-bond donors (Lipinski definition) is 0. The minimum Gasteiger partial charge on any atom is -0.276 e. The highest BCUT2D eigenvalue weighted by Gasteiger charge is 1.99. The molecule has 0 fully saturated rings. The summed E-state index contributed by atoms with van der Waals surface area (Å²) in [6.07, 6.45) is 0.552. The fraction of sp³-hybridized carbons (Fsp3) is 0.222. The van der Waals surface area contributed by atoms with Crippen molar-refractivity contribution in [2.75, 3.05) is 6.00 Å². The molecule has 0 heterocycles. The van der Waals surface area contributed by atoms with Crippen LogP contribution in [-0.4, -0.2) is 17.5 Å². The predicted octanol–water partition coefficient (Wildman–Crippen LogP) is 1.77. The molecule has 0 saturated heterocycles. The lowest BCUT2D eigenvalue weighted by Gasteiger charge is -2.12. The predicted molar refractivity (Wildman–Crippen MR) is 49.9 cm³/mol. The van der Waals surface area contributed by atoms with Gasteiger partial charge < -0.3 is 0 Å². The maximum absolute atomic E-state index is 10.3. The van der Waals surface area contributed by atoms with Crippen LogP contribution in [0.5, 0.6) is 0 Å². The first-order valence-electron chi connectivity index (χ1n) is 3.81. The van der Waals surface area contributed by atoms with Crippen LogP contribution >= 0.6 is 11.6 Å². The van der Waals surface area contributed by atoms with Gasteiger partial charge in [-0.15, -0.1) is 11.6 Å². The molecule has 0 aliphatic heterocycles. The van der Waals surface area contributed by atoms with Gasteiger partial charge in [0.15, 0.2) is 0 Å². The van der Waals surface area contributed by atoms with Crippen LogP contribution in [0.25, 0.3) is 0 Å².